The molecule has 0 aromatic heterocycles. The van der Waals surface area contributed by atoms with Gasteiger partial charge in [-0.25, -0.2) is 4.79 Å². The summed E-state index contributed by atoms with van der Waals surface area (Å²) in [5, 5.41) is 0.420. The summed E-state index contributed by atoms with van der Waals surface area (Å²) in [6.07, 6.45) is 0. The zero-order chi connectivity index (χ0) is 16.8. The Balaban J connectivity index is 2.26. The van der Waals surface area contributed by atoms with Gasteiger partial charge in [0.25, 0.3) is 0 Å². The fraction of sp³-hybridized carbons (Fsp3) is 0.222. The minimum Gasteiger partial charge on any atom is -0.481 e. The molecule has 0 aliphatic heterocycles. The third-order valence-corrected chi connectivity index (χ3v) is 3.39. The number of carbonyl (C=O) groups is 2. The SMILES string of the molecule is CCOC(=O)COc1ccc(Cl)cc1C(=O)c1ccc(C)cc1. The summed E-state index contributed by atoms with van der Waals surface area (Å²) < 4.78 is 10.2. The van der Waals surface area contributed by atoms with E-state index in [1.165, 1.54) is 6.07 Å². The highest BCUT2D eigenvalue weighted by Gasteiger charge is 2.16. The molecule has 0 amide bonds. The van der Waals surface area contributed by atoms with E-state index in [9.17, 15) is 9.59 Å². The van der Waals surface area contributed by atoms with Crippen LogP contribution in [-0.4, -0.2) is 25.0 Å². The number of halogens is 1. The number of ketones is 1. The molecule has 0 aliphatic rings. The molecule has 0 fully saturated rings. The molecule has 0 radical (unpaired) electrons. The molecule has 4 nitrogen and oxygen atoms in total. The quantitative estimate of drug-likeness (QED) is 0.596. The number of carbonyl (C=O) groups excluding carboxylic acids is 2. The van der Waals surface area contributed by atoms with Gasteiger partial charge >= 0.3 is 5.97 Å². The van der Waals surface area contributed by atoms with Gasteiger partial charge in [-0.05, 0) is 32.0 Å². The molecule has 0 heterocycles. The molecule has 0 spiro atoms. The molecule has 120 valence electrons. The molecule has 0 atom stereocenters. The van der Waals surface area contributed by atoms with Crippen LogP contribution in [0.2, 0.25) is 5.02 Å². The lowest BCUT2D eigenvalue weighted by molar-refractivity contribution is -0.145. The van der Waals surface area contributed by atoms with Crippen molar-refractivity contribution in [1.29, 1.82) is 0 Å². The van der Waals surface area contributed by atoms with E-state index in [1.807, 2.05) is 19.1 Å². The Bertz CT molecular complexity index is 707. The zero-order valence-electron chi connectivity index (χ0n) is 13.0. The second-order valence-corrected chi connectivity index (χ2v) is 5.37. The van der Waals surface area contributed by atoms with Crippen LogP contribution in [0.5, 0.6) is 5.75 Å². The van der Waals surface area contributed by atoms with Crippen molar-refractivity contribution in [2.75, 3.05) is 13.2 Å². The van der Waals surface area contributed by atoms with Crippen LogP contribution >= 0.6 is 11.6 Å². The van der Waals surface area contributed by atoms with Crippen molar-refractivity contribution >= 4 is 23.4 Å². The monoisotopic (exact) mass is 332 g/mol. The highest BCUT2D eigenvalue weighted by molar-refractivity contribution is 6.31. The highest BCUT2D eigenvalue weighted by Crippen LogP contribution is 2.25. The van der Waals surface area contributed by atoms with E-state index in [2.05, 4.69) is 0 Å². The van der Waals surface area contributed by atoms with Gasteiger partial charge in [0.05, 0.1) is 12.2 Å². The standard InChI is InChI=1S/C18H17ClO4/c1-3-22-17(20)11-23-16-9-8-14(19)10-15(16)18(21)13-6-4-12(2)5-7-13/h4-10H,3,11H2,1-2H3. The van der Waals surface area contributed by atoms with Crippen molar-refractivity contribution in [1.82, 2.24) is 0 Å². The van der Waals surface area contributed by atoms with Crippen LogP contribution in [0.3, 0.4) is 0 Å². The van der Waals surface area contributed by atoms with Gasteiger partial charge in [0.1, 0.15) is 5.75 Å². The summed E-state index contributed by atoms with van der Waals surface area (Å²) in [5.41, 5.74) is 1.90. The average Bonchev–Trinajstić information content (AvgIpc) is 2.54. The van der Waals surface area contributed by atoms with Crippen LogP contribution < -0.4 is 4.74 Å². The molecule has 0 bridgehead atoms. The minimum absolute atomic E-state index is 0.216. The third kappa shape index (κ3) is 4.57. The lowest BCUT2D eigenvalue weighted by atomic mass is 10.0. The first-order chi connectivity index (χ1) is 11.0. The first-order valence-electron chi connectivity index (χ1n) is 7.20. The molecule has 2 aromatic rings. The van der Waals surface area contributed by atoms with E-state index in [-0.39, 0.29) is 19.0 Å². The smallest absolute Gasteiger partial charge is 0.344 e. The Labute approximate surface area is 140 Å². The van der Waals surface area contributed by atoms with E-state index in [4.69, 9.17) is 21.1 Å². The number of hydrogen-bond acceptors (Lipinski definition) is 4. The molecule has 2 rings (SSSR count). The number of ether oxygens (including phenoxy) is 2. The van der Waals surface area contributed by atoms with Gasteiger partial charge in [0, 0.05) is 10.6 Å². The van der Waals surface area contributed by atoms with Gasteiger partial charge in [-0.2, -0.15) is 0 Å². The first kappa shape index (κ1) is 17.0. The van der Waals surface area contributed by atoms with Crippen LogP contribution in [0.1, 0.15) is 28.4 Å². The predicted molar refractivity (Wildman–Crippen MR) is 88.2 cm³/mol. The van der Waals surface area contributed by atoms with E-state index in [0.29, 0.717) is 21.9 Å². The Hall–Kier alpha value is -2.33. The normalized spacial score (nSPS) is 10.2. The molecule has 23 heavy (non-hydrogen) atoms. The molecule has 0 saturated carbocycles. The Morgan fingerprint density at radius 1 is 1.09 bits per heavy atom. The van der Waals surface area contributed by atoms with Crippen molar-refractivity contribution in [2.24, 2.45) is 0 Å². The molecule has 0 unspecified atom stereocenters. The maximum Gasteiger partial charge on any atom is 0.344 e. The lowest BCUT2D eigenvalue weighted by Gasteiger charge is -2.11. The molecular formula is C18H17ClO4. The molecule has 0 saturated heterocycles. The van der Waals surface area contributed by atoms with Crippen LogP contribution in [0, 0.1) is 6.92 Å². The Morgan fingerprint density at radius 2 is 1.78 bits per heavy atom. The van der Waals surface area contributed by atoms with Crippen molar-refractivity contribution in [2.45, 2.75) is 13.8 Å². The topological polar surface area (TPSA) is 52.6 Å². The third-order valence-electron chi connectivity index (χ3n) is 3.15. The highest BCUT2D eigenvalue weighted by atomic mass is 35.5. The minimum atomic E-state index is -0.490. The second-order valence-electron chi connectivity index (χ2n) is 4.93. The molecule has 5 heteroatoms. The second kappa shape index (κ2) is 7.79. The maximum atomic E-state index is 12.6. The summed E-state index contributed by atoms with van der Waals surface area (Å²) in [5.74, 6) is -0.407. The zero-order valence-corrected chi connectivity index (χ0v) is 13.7. The van der Waals surface area contributed by atoms with E-state index < -0.39 is 5.97 Å². The van der Waals surface area contributed by atoms with Crippen LogP contribution in [0.15, 0.2) is 42.5 Å². The van der Waals surface area contributed by atoms with Crippen molar-refractivity contribution in [3.05, 3.63) is 64.2 Å². The van der Waals surface area contributed by atoms with Crippen molar-refractivity contribution in [3.8, 4) is 5.75 Å². The lowest BCUT2D eigenvalue weighted by Crippen LogP contribution is -2.16. The molecule has 0 aliphatic carbocycles. The van der Waals surface area contributed by atoms with Gasteiger partial charge in [0.2, 0.25) is 0 Å². The average molecular weight is 333 g/mol. The van der Waals surface area contributed by atoms with Crippen LogP contribution in [0.25, 0.3) is 0 Å². The largest absolute Gasteiger partial charge is 0.481 e. The molecular weight excluding hydrogens is 316 g/mol. The Morgan fingerprint density at radius 3 is 2.43 bits per heavy atom. The van der Waals surface area contributed by atoms with Gasteiger partial charge in [-0.1, -0.05) is 41.4 Å². The Kier molecular flexibility index (Phi) is 5.77. The summed E-state index contributed by atoms with van der Waals surface area (Å²) in [6, 6.07) is 11.9. The summed E-state index contributed by atoms with van der Waals surface area (Å²) >= 11 is 5.99. The summed E-state index contributed by atoms with van der Waals surface area (Å²) in [4.78, 5) is 24.1. The number of aryl methyl sites for hydroxylation is 1. The first-order valence-corrected chi connectivity index (χ1v) is 7.58. The van der Waals surface area contributed by atoms with Gasteiger partial charge in [-0.15, -0.1) is 0 Å². The fourth-order valence-corrected chi connectivity index (χ4v) is 2.18. The molecule has 0 N–H and O–H groups in total. The summed E-state index contributed by atoms with van der Waals surface area (Å²) in [7, 11) is 0. The van der Waals surface area contributed by atoms with Crippen molar-refractivity contribution < 1.29 is 19.1 Å². The van der Waals surface area contributed by atoms with Gasteiger partial charge in [0.15, 0.2) is 12.4 Å². The number of benzene rings is 2. The molecule has 2 aromatic carbocycles. The summed E-state index contributed by atoms with van der Waals surface area (Å²) in [6.45, 7) is 3.68. The number of rotatable bonds is 6. The van der Waals surface area contributed by atoms with E-state index in [0.717, 1.165) is 5.56 Å². The number of hydrogen-bond donors (Lipinski definition) is 0. The fourth-order valence-electron chi connectivity index (χ4n) is 2.01. The van der Waals surface area contributed by atoms with E-state index in [1.54, 1.807) is 31.2 Å². The van der Waals surface area contributed by atoms with Crippen LogP contribution in [0.4, 0.5) is 0 Å². The van der Waals surface area contributed by atoms with E-state index >= 15 is 0 Å². The van der Waals surface area contributed by atoms with Gasteiger partial charge < -0.3 is 9.47 Å². The maximum absolute atomic E-state index is 12.6. The number of esters is 1. The van der Waals surface area contributed by atoms with Crippen LogP contribution in [-0.2, 0) is 9.53 Å². The van der Waals surface area contributed by atoms with Gasteiger partial charge in [-0.3, -0.25) is 4.79 Å². The predicted octanol–water partition coefficient (Wildman–Crippen LogP) is 3.82. The van der Waals surface area contributed by atoms with Crippen molar-refractivity contribution in [3.63, 3.8) is 0 Å².